The minimum atomic E-state index is -1.02. The number of rotatable bonds is 5. The molecular weight excluding hydrogens is 274 g/mol. The normalized spacial score (nSPS) is 11.9. The summed E-state index contributed by atoms with van der Waals surface area (Å²) >= 11 is 0. The number of aryl methyl sites for hydroxylation is 1. The van der Waals surface area contributed by atoms with Crippen LogP contribution >= 0.6 is 0 Å². The third-order valence-electron chi connectivity index (χ3n) is 2.83. The average molecular weight is 289 g/mol. The Morgan fingerprint density at radius 2 is 2.19 bits per heavy atom. The number of benzene rings is 1. The zero-order chi connectivity index (χ0) is 15.4. The van der Waals surface area contributed by atoms with E-state index in [4.69, 9.17) is 9.63 Å². The lowest BCUT2D eigenvalue weighted by Crippen LogP contribution is -2.28. The predicted molar refractivity (Wildman–Crippen MR) is 72.7 cm³/mol. The highest BCUT2D eigenvalue weighted by Crippen LogP contribution is 2.10. The van der Waals surface area contributed by atoms with Gasteiger partial charge in [-0.05, 0) is 31.5 Å². The summed E-state index contributed by atoms with van der Waals surface area (Å²) in [7, 11) is 0. The fourth-order valence-corrected chi connectivity index (χ4v) is 1.84. The van der Waals surface area contributed by atoms with Gasteiger partial charge in [-0.15, -0.1) is 0 Å². The molecule has 2 rings (SSSR count). The van der Waals surface area contributed by atoms with Gasteiger partial charge in [0.2, 0.25) is 11.8 Å². The number of hydrogen-bond acceptors (Lipinski definition) is 5. The molecule has 0 saturated heterocycles. The van der Waals surface area contributed by atoms with Gasteiger partial charge in [-0.2, -0.15) is 4.98 Å². The summed E-state index contributed by atoms with van der Waals surface area (Å²) in [5.74, 6) is -0.437. The minimum Gasteiger partial charge on any atom is -0.478 e. The third kappa shape index (κ3) is 3.88. The van der Waals surface area contributed by atoms with Crippen LogP contribution in [0.25, 0.3) is 0 Å². The van der Waals surface area contributed by atoms with Crippen LogP contribution in [0.1, 0.15) is 40.6 Å². The Labute approximate surface area is 121 Å². The van der Waals surface area contributed by atoms with Gasteiger partial charge in [-0.1, -0.05) is 17.3 Å². The Morgan fingerprint density at radius 1 is 1.43 bits per heavy atom. The van der Waals surface area contributed by atoms with Crippen molar-refractivity contribution in [2.45, 2.75) is 26.3 Å². The molecule has 0 radical (unpaired) electrons. The van der Waals surface area contributed by atoms with Crippen molar-refractivity contribution in [3.8, 4) is 0 Å². The summed E-state index contributed by atoms with van der Waals surface area (Å²) < 4.78 is 4.97. The summed E-state index contributed by atoms with van der Waals surface area (Å²) in [5.41, 5.74) is 0.780. The van der Waals surface area contributed by atoms with E-state index in [0.717, 1.165) is 0 Å². The van der Waals surface area contributed by atoms with E-state index in [-0.39, 0.29) is 17.9 Å². The molecule has 0 fully saturated rings. The molecule has 0 saturated carbocycles. The molecule has 7 heteroatoms. The van der Waals surface area contributed by atoms with Crippen molar-refractivity contribution in [3.05, 3.63) is 47.1 Å². The highest BCUT2D eigenvalue weighted by atomic mass is 16.5. The van der Waals surface area contributed by atoms with Crippen molar-refractivity contribution in [2.75, 3.05) is 0 Å². The van der Waals surface area contributed by atoms with Crippen LogP contribution in [0.4, 0.5) is 0 Å². The molecular formula is C14H15N3O4. The summed E-state index contributed by atoms with van der Waals surface area (Å²) in [6.45, 7) is 3.43. The van der Waals surface area contributed by atoms with Gasteiger partial charge in [0.05, 0.1) is 12.0 Å². The van der Waals surface area contributed by atoms with Gasteiger partial charge in [0, 0.05) is 0 Å². The standard InChI is InChI=1S/C14H15N3O4/c1-8(13-16-9(2)17-21-13)15-12(18)7-10-4-3-5-11(6-10)14(19)20/h3-6,8H,7H2,1-2H3,(H,15,18)(H,19,20). The Balaban J connectivity index is 1.98. The van der Waals surface area contributed by atoms with Crippen LogP contribution in [-0.4, -0.2) is 27.1 Å². The first-order valence-corrected chi connectivity index (χ1v) is 6.37. The number of aromatic nitrogens is 2. The molecule has 21 heavy (non-hydrogen) atoms. The van der Waals surface area contributed by atoms with E-state index in [2.05, 4.69) is 15.5 Å². The van der Waals surface area contributed by atoms with E-state index in [9.17, 15) is 9.59 Å². The summed E-state index contributed by atoms with van der Waals surface area (Å²) in [4.78, 5) is 26.8. The van der Waals surface area contributed by atoms with Crippen LogP contribution in [0, 0.1) is 6.92 Å². The van der Waals surface area contributed by atoms with Crippen molar-refractivity contribution >= 4 is 11.9 Å². The molecule has 2 aromatic rings. The molecule has 0 bridgehead atoms. The van der Waals surface area contributed by atoms with Crippen LogP contribution in [0.2, 0.25) is 0 Å². The second-order valence-corrected chi connectivity index (χ2v) is 4.65. The number of nitrogens with one attached hydrogen (secondary N) is 1. The van der Waals surface area contributed by atoms with E-state index < -0.39 is 12.0 Å². The second-order valence-electron chi connectivity index (χ2n) is 4.65. The number of hydrogen-bond donors (Lipinski definition) is 2. The quantitative estimate of drug-likeness (QED) is 0.864. The Hall–Kier alpha value is -2.70. The number of amides is 1. The lowest BCUT2D eigenvalue weighted by atomic mass is 10.1. The molecule has 110 valence electrons. The van der Waals surface area contributed by atoms with Gasteiger partial charge in [0.15, 0.2) is 5.82 Å². The van der Waals surface area contributed by atoms with Crippen molar-refractivity contribution in [3.63, 3.8) is 0 Å². The maximum atomic E-state index is 11.9. The molecule has 1 amide bonds. The van der Waals surface area contributed by atoms with Gasteiger partial charge in [-0.3, -0.25) is 4.79 Å². The molecule has 2 N–H and O–H groups in total. The van der Waals surface area contributed by atoms with Crippen LogP contribution in [0.15, 0.2) is 28.8 Å². The summed E-state index contributed by atoms with van der Waals surface area (Å²) in [6, 6.07) is 5.86. The first kappa shape index (κ1) is 14.7. The first-order chi connectivity index (χ1) is 9.95. The van der Waals surface area contributed by atoms with E-state index in [1.807, 2.05) is 0 Å². The third-order valence-corrected chi connectivity index (χ3v) is 2.83. The van der Waals surface area contributed by atoms with E-state index in [1.165, 1.54) is 12.1 Å². The number of carboxylic acids is 1. The van der Waals surface area contributed by atoms with Crippen LogP contribution in [0.5, 0.6) is 0 Å². The first-order valence-electron chi connectivity index (χ1n) is 6.37. The number of carboxylic acid groups (broad SMARTS) is 1. The van der Waals surface area contributed by atoms with Crippen molar-refractivity contribution in [1.82, 2.24) is 15.5 Å². The molecule has 7 nitrogen and oxygen atoms in total. The number of carbonyl (C=O) groups is 2. The minimum absolute atomic E-state index is 0.0819. The molecule has 0 aliphatic carbocycles. The van der Waals surface area contributed by atoms with Crippen LogP contribution < -0.4 is 5.32 Å². The highest BCUT2D eigenvalue weighted by Gasteiger charge is 2.16. The fourth-order valence-electron chi connectivity index (χ4n) is 1.84. The largest absolute Gasteiger partial charge is 0.478 e. The Bertz CT molecular complexity index is 666. The zero-order valence-corrected chi connectivity index (χ0v) is 11.7. The Morgan fingerprint density at radius 3 is 2.81 bits per heavy atom. The lowest BCUT2D eigenvalue weighted by molar-refractivity contribution is -0.121. The molecule has 1 aromatic heterocycles. The topological polar surface area (TPSA) is 105 Å². The molecule has 0 spiro atoms. The monoisotopic (exact) mass is 289 g/mol. The zero-order valence-electron chi connectivity index (χ0n) is 11.7. The van der Waals surface area contributed by atoms with Gasteiger partial charge >= 0.3 is 5.97 Å². The molecule has 1 heterocycles. The average Bonchev–Trinajstić information content (AvgIpc) is 2.85. The van der Waals surface area contributed by atoms with E-state index >= 15 is 0 Å². The van der Waals surface area contributed by atoms with E-state index in [0.29, 0.717) is 17.3 Å². The maximum absolute atomic E-state index is 11.9. The number of carbonyl (C=O) groups excluding carboxylic acids is 1. The fraction of sp³-hybridized carbons (Fsp3) is 0.286. The van der Waals surface area contributed by atoms with Gasteiger partial charge in [0.25, 0.3) is 0 Å². The van der Waals surface area contributed by atoms with Gasteiger partial charge in [0.1, 0.15) is 6.04 Å². The van der Waals surface area contributed by atoms with Crippen molar-refractivity contribution in [2.24, 2.45) is 0 Å². The summed E-state index contributed by atoms with van der Waals surface area (Å²) in [6.07, 6.45) is 0.0819. The number of nitrogens with zero attached hydrogens (tertiary/aromatic N) is 2. The van der Waals surface area contributed by atoms with Crippen LogP contribution in [0.3, 0.4) is 0 Å². The van der Waals surface area contributed by atoms with E-state index in [1.54, 1.807) is 26.0 Å². The predicted octanol–water partition coefficient (Wildman–Crippen LogP) is 1.50. The second kappa shape index (κ2) is 6.17. The van der Waals surface area contributed by atoms with Gasteiger partial charge < -0.3 is 14.9 Å². The molecule has 1 aromatic carbocycles. The lowest BCUT2D eigenvalue weighted by Gasteiger charge is -2.09. The van der Waals surface area contributed by atoms with Crippen molar-refractivity contribution in [1.29, 1.82) is 0 Å². The maximum Gasteiger partial charge on any atom is 0.335 e. The molecule has 0 aliphatic heterocycles. The Kier molecular flexibility index (Phi) is 4.32. The van der Waals surface area contributed by atoms with Crippen LogP contribution in [-0.2, 0) is 11.2 Å². The molecule has 1 atom stereocenters. The highest BCUT2D eigenvalue weighted by molar-refractivity contribution is 5.88. The molecule has 0 aliphatic rings. The molecule has 1 unspecified atom stereocenters. The van der Waals surface area contributed by atoms with Gasteiger partial charge in [-0.25, -0.2) is 4.79 Å². The SMILES string of the molecule is Cc1noc(C(C)NC(=O)Cc2cccc(C(=O)O)c2)n1. The summed E-state index contributed by atoms with van der Waals surface area (Å²) in [5, 5.41) is 15.3. The number of aromatic carboxylic acids is 1. The van der Waals surface area contributed by atoms with Crippen molar-refractivity contribution < 1.29 is 19.2 Å². The smallest absolute Gasteiger partial charge is 0.335 e.